The largest absolute Gasteiger partial charge is 0.495 e. The lowest BCUT2D eigenvalue weighted by Crippen LogP contribution is -2.47. The van der Waals surface area contributed by atoms with E-state index in [1.165, 1.54) is 41.7 Å². The SMILES string of the molecule is COc1cc(Nc2c(C#N)cnc3cc(OCCCN4CCN(CCCCN5C(=O)C6=C(SCCS6)C5=O)CC4)c(OC)cc23)c(Cl)cc1Cl. The van der Waals surface area contributed by atoms with Crippen LogP contribution in [0.2, 0.25) is 10.0 Å². The molecule has 264 valence electrons. The summed E-state index contributed by atoms with van der Waals surface area (Å²) in [6.07, 6.45) is 4.14. The number of benzene rings is 2. The number of nitrogens with one attached hydrogen (secondary N) is 1. The Morgan fingerprint density at radius 2 is 1.48 bits per heavy atom. The van der Waals surface area contributed by atoms with Gasteiger partial charge in [0.25, 0.3) is 11.8 Å². The van der Waals surface area contributed by atoms with Gasteiger partial charge in [-0.15, -0.1) is 23.5 Å². The number of hydrogen-bond donors (Lipinski definition) is 1. The molecule has 3 aliphatic rings. The summed E-state index contributed by atoms with van der Waals surface area (Å²) < 4.78 is 17.2. The van der Waals surface area contributed by atoms with Gasteiger partial charge in [0, 0.05) is 74.5 Å². The van der Waals surface area contributed by atoms with Gasteiger partial charge in [-0.25, -0.2) is 0 Å². The Hall–Kier alpha value is -3.38. The number of rotatable bonds is 14. The number of amides is 2. The summed E-state index contributed by atoms with van der Waals surface area (Å²) in [5, 5.41) is 14.5. The summed E-state index contributed by atoms with van der Waals surface area (Å²) in [4.78, 5) is 37.4. The fourth-order valence-electron chi connectivity index (χ4n) is 6.20. The molecule has 3 aromatic rings. The Kier molecular flexibility index (Phi) is 12.2. The Morgan fingerprint density at radius 3 is 2.12 bits per heavy atom. The molecule has 0 spiro atoms. The van der Waals surface area contributed by atoms with E-state index in [1.807, 2.05) is 12.1 Å². The fraction of sp³-hybridized carbons (Fsp3) is 0.429. The summed E-state index contributed by atoms with van der Waals surface area (Å²) in [6, 6.07) is 9.09. The van der Waals surface area contributed by atoms with Crippen LogP contribution in [-0.2, 0) is 9.59 Å². The highest BCUT2D eigenvalue weighted by molar-refractivity contribution is 8.11. The van der Waals surface area contributed by atoms with Crippen molar-refractivity contribution in [3.63, 3.8) is 0 Å². The molecule has 0 unspecified atom stereocenters. The van der Waals surface area contributed by atoms with E-state index in [0.29, 0.717) is 78.1 Å². The first-order valence-electron chi connectivity index (χ1n) is 16.5. The van der Waals surface area contributed by atoms with Gasteiger partial charge in [0.2, 0.25) is 0 Å². The van der Waals surface area contributed by atoms with Crippen LogP contribution in [-0.4, -0.2) is 110 Å². The van der Waals surface area contributed by atoms with Crippen LogP contribution in [0, 0.1) is 11.3 Å². The minimum absolute atomic E-state index is 0.103. The number of fused-ring (bicyclic) bond motifs is 1. The number of methoxy groups -OCH3 is 2. The second-order valence-electron chi connectivity index (χ2n) is 12.0. The van der Waals surface area contributed by atoms with Gasteiger partial charge in [-0.2, -0.15) is 5.26 Å². The van der Waals surface area contributed by atoms with Gasteiger partial charge in [-0.05, 0) is 37.9 Å². The van der Waals surface area contributed by atoms with Crippen molar-refractivity contribution in [1.29, 1.82) is 5.26 Å². The van der Waals surface area contributed by atoms with Crippen molar-refractivity contribution in [3.8, 4) is 23.3 Å². The molecule has 1 aromatic heterocycles. The number of imide groups is 1. The first-order chi connectivity index (χ1) is 24.3. The molecule has 0 bridgehead atoms. The minimum Gasteiger partial charge on any atom is -0.495 e. The van der Waals surface area contributed by atoms with Crippen LogP contribution in [0.1, 0.15) is 24.8 Å². The summed E-state index contributed by atoms with van der Waals surface area (Å²) in [5.74, 6) is 3.11. The molecule has 3 aliphatic heterocycles. The van der Waals surface area contributed by atoms with Crippen LogP contribution < -0.4 is 19.5 Å². The predicted molar refractivity (Wildman–Crippen MR) is 200 cm³/mol. The zero-order chi connectivity index (χ0) is 35.2. The molecule has 11 nitrogen and oxygen atoms in total. The minimum atomic E-state index is -0.103. The third-order valence-electron chi connectivity index (χ3n) is 8.88. The van der Waals surface area contributed by atoms with E-state index < -0.39 is 0 Å². The van der Waals surface area contributed by atoms with E-state index in [2.05, 4.69) is 26.2 Å². The number of piperazine rings is 1. The van der Waals surface area contributed by atoms with Crippen molar-refractivity contribution in [1.82, 2.24) is 19.7 Å². The van der Waals surface area contributed by atoms with E-state index in [9.17, 15) is 14.9 Å². The maximum Gasteiger partial charge on any atom is 0.268 e. The smallest absolute Gasteiger partial charge is 0.268 e. The number of hydrogen-bond acceptors (Lipinski definition) is 12. The van der Waals surface area contributed by atoms with Crippen molar-refractivity contribution in [2.75, 3.05) is 83.5 Å². The topological polar surface area (TPSA) is 120 Å². The Labute approximate surface area is 310 Å². The third kappa shape index (κ3) is 8.06. The summed E-state index contributed by atoms with van der Waals surface area (Å²) >= 11 is 15.7. The Morgan fingerprint density at radius 1 is 0.840 bits per heavy atom. The number of halogens is 2. The van der Waals surface area contributed by atoms with Crippen molar-refractivity contribution in [3.05, 3.63) is 55.9 Å². The molecule has 0 aliphatic carbocycles. The van der Waals surface area contributed by atoms with Crippen LogP contribution >= 0.6 is 46.7 Å². The normalized spacial score (nSPS) is 16.9. The highest BCUT2D eigenvalue weighted by atomic mass is 35.5. The predicted octanol–water partition coefficient (Wildman–Crippen LogP) is 6.40. The van der Waals surface area contributed by atoms with Gasteiger partial charge in [-0.3, -0.25) is 19.5 Å². The number of ether oxygens (including phenoxy) is 3. The van der Waals surface area contributed by atoms with Crippen molar-refractivity contribution in [2.24, 2.45) is 0 Å². The number of pyridine rings is 1. The van der Waals surface area contributed by atoms with Crippen molar-refractivity contribution >= 4 is 80.8 Å². The molecular formula is C35H38Cl2N6O5S2. The summed E-state index contributed by atoms with van der Waals surface area (Å²) in [5.41, 5.74) is 2.02. The first kappa shape index (κ1) is 36.4. The molecule has 1 saturated heterocycles. The van der Waals surface area contributed by atoms with Crippen LogP contribution in [0.15, 0.2) is 40.3 Å². The summed E-state index contributed by atoms with van der Waals surface area (Å²) in [6.45, 7) is 6.84. The zero-order valence-corrected chi connectivity index (χ0v) is 31.1. The number of nitriles is 1. The van der Waals surface area contributed by atoms with E-state index in [4.69, 9.17) is 37.4 Å². The van der Waals surface area contributed by atoms with Crippen LogP contribution in [0.5, 0.6) is 17.2 Å². The lowest BCUT2D eigenvalue weighted by molar-refractivity contribution is -0.137. The maximum absolute atomic E-state index is 12.6. The molecule has 0 saturated carbocycles. The standard InChI is InChI=1S/C35H38Cl2N6O5S2/c1-46-28-19-27(24(36)17-25(28)37)40-31-22(20-38)21-39-26-18-30(29(47-2)16-23(26)31)48-13-5-7-42-11-9-41(10-12-42)6-3-4-8-43-34(44)32-33(35(43)45)50-15-14-49-32/h16-19,21H,3-15H2,1-2H3,(H,39,40). The van der Waals surface area contributed by atoms with E-state index in [0.717, 1.165) is 70.0 Å². The van der Waals surface area contributed by atoms with E-state index in [1.54, 1.807) is 19.2 Å². The summed E-state index contributed by atoms with van der Waals surface area (Å²) in [7, 11) is 3.10. The van der Waals surface area contributed by atoms with Crippen LogP contribution in [0.4, 0.5) is 11.4 Å². The van der Waals surface area contributed by atoms with E-state index >= 15 is 0 Å². The lowest BCUT2D eigenvalue weighted by atomic mass is 10.1. The fourth-order valence-corrected chi connectivity index (χ4v) is 9.04. The number of thioether (sulfide) groups is 2. The highest BCUT2D eigenvalue weighted by Crippen LogP contribution is 2.42. The Bertz CT molecular complexity index is 1820. The number of carbonyl (C=O) groups excluding carboxylic acids is 2. The zero-order valence-electron chi connectivity index (χ0n) is 27.9. The molecule has 1 fully saturated rings. The van der Waals surface area contributed by atoms with Gasteiger partial charge >= 0.3 is 0 Å². The van der Waals surface area contributed by atoms with Gasteiger partial charge < -0.3 is 29.3 Å². The number of aromatic nitrogens is 1. The van der Waals surface area contributed by atoms with Gasteiger partial charge in [0.1, 0.15) is 11.8 Å². The van der Waals surface area contributed by atoms with Crippen LogP contribution in [0.3, 0.4) is 0 Å². The molecule has 0 atom stereocenters. The average Bonchev–Trinajstić information content (AvgIpc) is 3.38. The van der Waals surface area contributed by atoms with Crippen molar-refractivity contribution < 1.29 is 23.8 Å². The van der Waals surface area contributed by atoms with Gasteiger partial charge in [-0.1, -0.05) is 23.2 Å². The van der Waals surface area contributed by atoms with Crippen LogP contribution in [0.25, 0.3) is 10.9 Å². The molecule has 50 heavy (non-hydrogen) atoms. The molecule has 2 amide bonds. The Balaban J connectivity index is 0.966. The maximum atomic E-state index is 12.6. The number of unbranched alkanes of at least 4 members (excludes halogenated alkanes) is 1. The van der Waals surface area contributed by atoms with E-state index in [-0.39, 0.29) is 11.8 Å². The first-order valence-corrected chi connectivity index (χ1v) is 19.2. The average molecular weight is 758 g/mol. The number of anilines is 2. The number of nitrogens with zero attached hydrogens (tertiary/aromatic N) is 5. The van der Waals surface area contributed by atoms with Gasteiger partial charge in [0.15, 0.2) is 11.5 Å². The lowest BCUT2D eigenvalue weighted by Gasteiger charge is -2.34. The molecular weight excluding hydrogens is 719 g/mol. The molecule has 6 rings (SSSR count). The monoisotopic (exact) mass is 756 g/mol. The third-order valence-corrected chi connectivity index (χ3v) is 12.0. The quantitative estimate of drug-likeness (QED) is 0.145. The molecule has 2 aromatic carbocycles. The van der Waals surface area contributed by atoms with Crippen molar-refractivity contribution in [2.45, 2.75) is 19.3 Å². The van der Waals surface area contributed by atoms with Gasteiger partial charge in [0.05, 0.1) is 63.1 Å². The molecule has 0 radical (unpaired) electrons. The number of carbonyl (C=O) groups is 2. The second kappa shape index (κ2) is 16.8. The molecule has 1 N–H and O–H groups in total. The second-order valence-corrected chi connectivity index (χ2v) is 15.0. The highest BCUT2D eigenvalue weighted by Gasteiger charge is 2.39. The molecule has 4 heterocycles. The molecule has 15 heteroatoms.